The number of hydrogen-bond acceptors (Lipinski definition) is 3. The molecule has 1 unspecified atom stereocenters. The number of rotatable bonds is 7. The van der Waals surface area contributed by atoms with Crippen molar-refractivity contribution in [3.8, 4) is 0 Å². The van der Waals surface area contributed by atoms with E-state index in [1.54, 1.807) is 0 Å². The van der Waals surface area contributed by atoms with Gasteiger partial charge in [0.2, 0.25) is 0 Å². The van der Waals surface area contributed by atoms with Crippen LogP contribution < -0.4 is 4.98 Å². The Morgan fingerprint density at radius 3 is 2.10 bits per heavy atom. The van der Waals surface area contributed by atoms with E-state index in [4.69, 9.17) is 8.23 Å². The molecule has 114 valence electrons. The van der Waals surface area contributed by atoms with E-state index in [2.05, 4.69) is 75.5 Å². The van der Waals surface area contributed by atoms with Crippen LogP contribution in [0.5, 0.6) is 0 Å². The Balaban J connectivity index is 2.65. The van der Waals surface area contributed by atoms with Crippen molar-refractivity contribution in [2.75, 3.05) is 0 Å². The normalized spacial score (nSPS) is 14.6. The van der Waals surface area contributed by atoms with E-state index in [9.17, 15) is 0 Å². The maximum Gasteiger partial charge on any atom is 0.311 e. The van der Waals surface area contributed by atoms with Gasteiger partial charge in [0.05, 0.1) is 0 Å². The van der Waals surface area contributed by atoms with Gasteiger partial charge in [-0.25, -0.2) is 0 Å². The summed E-state index contributed by atoms with van der Waals surface area (Å²) in [6.45, 7) is 15.3. The number of nitrogens with one attached hydrogen (secondary N) is 1. The van der Waals surface area contributed by atoms with E-state index < -0.39 is 26.1 Å². The van der Waals surface area contributed by atoms with Crippen molar-refractivity contribution in [2.45, 2.75) is 52.2 Å². The Labute approximate surface area is 127 Å². The van der Waals surface area contributed by atoms with Crippen LogP contribution in [0.25, 0.3) is 0 Å². The quantitative estimate of drug-likeness (QED) is 0.774. The van der Waals surface area contributed by atoms with Crippen LogP contribution in [0.4, 0.5) is 0 Å². The van der Waals surface area contributed by atoms with E-state index in [0.29, 0.717) is 6.04 Å². The Hall–Kier alpha value is -0.249. The molecule has 0 saturated carbocycles. The second kappa shape index (κ2) is 7.15. The molecule has 0 aliphatic heterocycles. The molecule has 0 aromatic heterocycles. The van der Waals surface area contributed by atoms with Crippen LogP contribution in [0, 0.1) is 0 Å². The van der Waals surface area contributed by atoms with Crippen molar-refractivity contribution in [2.24, 2.45) is 0 Å². The van der Waals surface area contributed by atoms with Gasteiger partial charge < -0.3 is 13.2 Å². The lowest BCUT2D eigenvalue weighted by Gasteiger charge is -2.36. The lowest BCUT2D eigenvalue weighted by atomic mass is 10.1. The average molecular weight is 328 g/mol. The molecule has 1 rings (SSSR count). The Morgan fingerprint density at radius 2 is 1.60 bits per heavy atom. The molecule has 0 heterocycles. The highest BCUT2D eigenvalue weighted by atomic mass is 28.5. The SMILES string of the molecule is CC(N[Si](C)(C)O[Si](C)(C)O[SiH](C)C)c1ccccc1. The molecule has 0 radical (unpaired) electrons. The highest BCUT2D eigenvalue weighted by molar-refractivity contribution is 6.83. The minimum Gasteiger partial charge on any atom is -0.440 e. The van der Waals surface area contributed by atoms with Crippen LogP contribution in [0.3, 0.4) is 0 Å². The zero-order chi connectivity index (χ0) is 15.4. The summed E-state index contributed by atoms with van der Waals surface area (Å²) in [6, 6.07) is 10.8. The molecule has 3 nitrogen and oxygen atoms in total. The summed E-state index contributed by atoms with van der Waals surface area (Å²) < 4.78 is 12.5. The van der Waals surface area contributed by atoms with Gasteiger partial charge in [0.25, 0.3) is 8.48 Å². The highest BCUT2D eigenvalue weighted by Crippen LogP contribution is 2.19. The summed E-state index contributed by atoms with van der Waals surface area (Å²) in [4.78, 5) is 3.69. The third kappa shape index (κ3) is 6.47. The molecule has 0 fully saturated rings. The van der Waals surface area contributed by atoms with Gasteiger partial charge in [-0.05, 0) is 51.8 Å². The summed E-state index contributed by atoms with van der Waals surface area (Å²) in [7, 11) is -5.00. The first-order valence-corrected chi connectivity index (χ1v) is 15.8. The maximum atomic E-state index is 6.41. The summed E-state index contributed by atoms with van der Waals surface area (Å²) in [6.07, 6.45) is 0. The second-order valence-corrected chi connectivity index (χ2v) is 16.4. The highest BCUT2D eigenvalue weighted by Gasteiger charge is 2.36. The Bertz CT molecular complexity index is 410. The topological polar surface area (TPSA) is 30.5 Å². The summed E-state index contributed by atoms with van der Waals surface area (Å²) in [5.41, 5.74) is 1.30. The van der Waals surface area contributed by atoms with E-state index >= 15 is 0 Å². The van der Waals surface area contributed by atoms with Crippen molar-refractivity contribution in [3.05, 3.63) is 35.9 Å². The fourth-order valence-electron chi connectivity index (χ4n) is 2.58. The summed E-state index contributed by atoms with van der Waals surface area (Å²) in [5, 5.41) is 0. The van der Waals surface area contributed by atoms with E-state index in [0.717, 1.165) is 0 Å². The van der Waals surface area contributed by atoms with Crippen LogP contribution in [-0.2, 0) is 8.23 Å². The third-order valence-electron chi connectivity index (χ3n) is 2.88. The Kier molecular flexibility index (Phi) is 6.36. The molecule has 1 aromatic carbocycles. The molecule has 0 amide bonds. The number of hydrogen-bond donors (Lipinski definition) is 1. The predicted molar refractivity (Wildman–Crippen MR) is 94.0 cm³/mol. The molecular weight excluding hydrogens is 298 g/mol. The van der Waals surface area contributed by atoms with E-state index in [-0.39, 0.29) is 0 Å². The van der Waals surface area contributed by atoms with Gasteiger partial charge >= 0.3 is 8.56 Å². The molecule has 0 aliphatic rings. The number of benzene rings is 1. The van der Waals surface area contributed by atoms with Crippen LogP contribution in [0.2, 0.25) is 39.3 Å². The third-order valence-corrected chi connectivity index (χ3v) is 12.2. The van der Waals surface area contributed by atoms with E-state index in [1.807, 2.05) is 6.07 Å². The van der Waals surface area contributed by atoms with Crippen molar-refractivity contribution in [1.29, 1.82) is 0 Å². The molecular formula is C14H29NO2Si3. The maximum absolute atomic E-state index is 6.41. The van der Waals surface area contributed by atoms with E-state index in [1.165, 1.54) is 5.56 Å². The van der Waals surface area contributed by atoms with Gasteiger partial charge in [-0.3, -0.25) is 0 Å². The minimum absolute atomic E-state index is 0.305. The molecule has 0 saturated heterocycles. The summed E-state index contributed by atoms with van der Waals surface area (Å²) in [5.74, 6) is 0. The minimum atomic E-state index is -2.01. The molecule has 1 aromatic rings. The second-order valence-electron chi connectivity index (χ2n) is 6.46. The van der Waals surface area contributed by atoms with Crippen molar-refractivity contribution >= 4 is 26.1 Å². The van der Waals surface area contributed by atoms with Crippen LogP contribution in [0.1, 0.15) is 18.5 Å². The Morgan fingerprint density at radius 1 is 1.05 bits per heavy atom. The van der Waals surface area contributed by atoms with Gasteiger partial charge in [-0.2, -0.15) is 0 Å². The molecule has 6 heteroatoms. The van der Waals surface area contributed by atoms with Crippen LogP contribution in [-0.4, -0.2) is 26.1 Å². The van der Waals surface area contributed by atoms with Crippen molar-refractivity contribution in [1.82, 2.24) is 4.98 Å². The van der Waals surface area contributed by atoms with Crippen LogP contribution in [0.15, 0.2) is 30.3 Å². The van der Waals surface area contributed by atoms with Gasteiger partial charge in [0, 0.05) is 6.04 Å². The predicted octanol–water partition coefficient (Wildman–Crippen LogP) is 3.76. The lowest BCUT2D eigenvalue weighted by molar-refractivity contribution is 0.388. The standard InChI is InChI=1S/C14H29NO2Si3/c1-13(14-11-9-8-10-12-14)15-19(4,5)17-20(6,7)16-18(2)3/h8-13,15,18H,1-7H3. The zero-order valence-corrected chi connectivity index (χ0v) is 17.0. The van der Waals surface area contributed by atoms with Gasteiger partial charge in [-0.1, -0.05) is 30.3 Å². The van der Waals surface area contributed by atoms with Gasteiger partial charge in [0.15, 0.2) is 9.04 Å². The molecule has 0 aliphatic carbocycles. The first-order chi connectivity index (χ1) is 9.11. The fourth-order valence-corrected chi connectivity index (χ4v) is 14.1. The average Bonchev–Trinajstić information content (AvgIpc) is 2.25. The van der Waals surface area contributed by atoms with Crippen LogP contribution >= 0.6 is 0 Å². The monoisotopic (exact) mass is 327 g/mol. The van der Waals surface area contributed by atoms with Crippen molar-refractivity contribution < 1.29 is 8.23 Å². The van der Waals surface area contributed by atoms with Gasteiger partial charge in [0.1, 0.15) is 0 Å². The first-order valence-electron chi connectivity index (χ1n) is 7.32. The largest absolute Gasteiger partial charge is 0.440 e. The smallest absolute Gasteiger partial charge is 0.311 e. The fraction of sp³-hybridized carbons (Fsp3) is 0.571. The molecule has 0 spiro atoms. The molecule has 1 N–H and O–H groups in total. The van der Waals surface area contributed by atoms with Crippen molar-refractivity contribution in [3.63, 3.8) is 0 Å². The first kappa shape index (κ1) is 17.8. The zero-order valence-electron chi connectivity index (χ0n) is 13.9. The van der Waals surface area contributed by atoms with Gasteiger partial charge in [-0.15, -0.1) is 0 Å². The summed E-state index contributed by atoms with van der Waals surface area (Å²) >= 11 is 0. The molecule has 0 bridgehead atoms. The molecule has 20 heavy (non-hydrogen) atoms. The molecule has 1 atom stereocenters. The lowest BCUT2D eigenvalue weighted by Crippen LogP contribution is -2.57.